The molecule has 0 saturated carbocycles. The van der Waals surface area contributed by atoms with Gasteiger partial charge in [-0.1, -0.05) is 0 Å². The minimum atomic E-state index is -0.522. The largest absolute Gasteiger partial charge is 0.444 e. The lowest BCUT2D eigenvalue weighted by Gasteiger charge is -2.35. The Morgan fingerprint density at radius 2 is 2.04 bits per heavy atom. The third-order valence-electron chi connectivity index (χ3n) is 4.38. The van der Waals surface area contributed by atoms with Gasteiger partial charge in [-0.25, -0.2) is 9.48 Å². The van der Waals surface area contributed by atoms with Crippen LogP contribution in [-0.4, -0.2) is 45.5 Å². The summed E-state index contributed by atoms with van der Waals surface area (Å²) in [6.45, 7) is 8.83. The van der Waals surface area contributed by atoms with Gasteiger partial charge in [0, 0.05) is 26.2 Å². The maximum absolute atomic E-state index is 11.9. The third kappa shape index (κ3) is 4.83. The molecule has 1 aliphatic heterocycles. The van der Waals surface area contributed by atoms with Crippen molar-refractivity contribution in [3.8, 4) is 0 Å². The molecular formula is C16H27N5O4. The summed E-state index contributed by atoms with van der Waals surface area (Å²) in [4.78, 5) is 24.6. The Hall–Kier alpha value is -2.32. The van der Waals surface area contributed by atoms with Crippen molar-refractivity contribution >= 4 is 17.6 Å². The number of carbonyl (C=O) groups excluding carboxylic acids is 1. The van der Waals surface area contributed by atoms with Gasteiger partial charge in [0.15, 0.2) is 0 Å². The molecule has 2 rings (SSSR count). The molecule has 1 amide bonds. The van der Waals surface area contributed by atoms with Crippen LogP contribution in [0.1, 0.15) is 40.5 Å². The number of nitrogens with zero attached hydrogens (tertiary/aromatic N) is 4. The molecule has 1 aromatic heterocycles. The van der Waals surface area contributed by atoms with Crippen LogP contribution in [0, 0.1) is 16.0 Å². The molecule has 1 unspecified atom stereocenters. The van der Waals surface area contributed by atoms with E-state index in [2.05, 4.69) is 10.4 Å². The number of piperidine rings is 1. The third-order valence-corrected chi connectivity index (χ3v) is 4.38. The normalized spacial score (nSPS) is 17.2. The van der Waals surface area contributed by atoms with E-state index in [1.807, 2.05) is 32.6 Å². The second-order valence-corrected chi connectivity index (χ2v) is 7.49. The number of alkyl carbamates (subject to hydrolysis) is 1. The molecule has 0 aromatic carbocycles. The van der Waals surface area contributed by atoms with E-state index < -0.39 is 16.6 Å². The number of nitrogens with one attached hydrogen (secondary N) is 1. The van der Waals surface area contributed by atoms with Crippen molar-refractivity contribution in [1.29, 1.82) is 0 Å². The molecule has 1 N–H and O–H groups in total. The fourth-order valence-electron chi connectivity index (χ4n) is 3.14. The first kappa shape index (κ1) is 19.0. The number of ether oxygens (including phenoxy) is 1. The fraction of sp³-hybridized carbons (Fsp3) is 0.750. The predicted molar refractivity (Wildman–Crippen MR) is 93.6 cm³/mol. The second kappa shape index (κ2) is 7.28. The fourth-order valence-corrected chi connectivity index (χ4v) is 3.14. The number of hydrogen-bond donors (Lipinski definition) is 1. The van der Waals surface area contributed by atoms with Gasteiger partial charge in [0.25, 0.3) is 0 Å². The zero-order valence-corrected chi connectivity index (χ0v) is 15.5. The maximum atomic E-state index is 11.9. The van der Waals surface area contributed by atoms with Crippen molar-refractivity contribution in [1.82, 2.24) is 15.1 Å². The van der Waals surface area contributed by atoms with Gasteiger partial charge in [-0.05, 0) is 46.5 Å². The minimum Gasteiger partial charge on any atom is -0.444 e. The molecule has 25 heavy (non-hydrogen) atoms. The van der Waals surface area contributed by atoms with Crippen LogP contribution in [0.5, 0.6) is 0 Å². The highest BCUT2D eigenvalue weighted by Crippen LogP contribution is 2.31. The molecule has 0 aliphatic carbocycles. The molecule has 0 bridgehead atoms. The van der Waals surface area contributed by atoms with Crippen LogP contribution >= 0.6 is 0 Å². The summed E-state index contributed by atoms with van der Waals surface area (Å²) in [6, 6.07) is -0.0153. The topological polar surface area (TPSA) is 103 Å². The lowest BCUT2D eigenvalue weighted by atomic mass is 9.90. The standard InChI is InChI=1S/C16H27N5O4/c1-11(18-15(22)25-16(2,3)4)12-6-8-20(9-7-12)14-13(21(23)24)10-17-19(14)5/h10-12H,6-9H2,1-5H3,(H,18,22). The van der Waals surface area contributed by atoms with Crippen molar-refractivity contribution in [2.75, 3.05) is 18.0 Å². The quantitative estimate of drug-likeness (QED) is 0.659. The average molecular weight is 353 g/mol. The first-order valence-electron chi connectivity index (χ1n) is 8.49. The molecular weight excluding hydrogens is 326 g/mol. The van der Waals surface area contributed by atoms with E-state index in [0.29, 0.717) is 24.8 Å². The number of anilines is 1. The van der Waals surface area contributed by atoms with Crippen LogP contribution in [0.3, 0.4) is 0 Å². The molecule has 140 valence electrons. The van der Waals surface area contributed by atoms with Gasteiger partial charge in [0.1, 0.15) is 11.8 Å². The number of aromatic nitrogens is 2. The molecule has 1 fully saturated rings. The molecule has 9 heteroatoms. The number of hydrogen-bond acceptors (Lipinski definition) is 6. The van der Waals surface area contributed by atoms with Gasteiger partial charge in [-0.2, -0.15) is 5.10 Å². The van der Waals surface area contributed by atoms with E-state index in [9.17, 15) is 14.9 Å². The minimum absolute atomic E-state index is 0.0153. The van der Waals surface area contributed by atoms with Crippen molar-refractivity contribution in [3.63, 3.8) is 0 Å². The SMILES string of the molecule is CC(NC(=O)OC(C)(C)C)C1CCN(c2c([N+](=O)[O-])cnn2C)CC1. The van der Waals surface area contributed by atoms with Crippen LogP contribution in [-0.2, 0) is 11.8 Å². The van der Waals surface area contributed by atoms with E-state index in [1.165, 1.54) is 6.20 Å². The van der Waals surface area contributed by atoms with Gasteiger partial charge in [-0.15, -0.1) is 0 Å². The molecule has 1 aliphatic rings. The molecule has 2 heterocycles. The van der Waals surface area contributed by atoms with E-state index in [0.717, 1.165) is 12.8 Å². The van der Waals surface area contributed by atoms with Crippen LogP contribution in [0.2, 0.25) is 0 Å². The Morgan fingerprint density at radius 3 is 2.56 bits per heavy atom. The zero-order chi connectivity index (χ0) is 18.8. The number of rotatable bonds is 4. The average Bonchev–Trinajstić information content (AvgIpc) is 2.87. The van der Waals surface area contributed by atoms with Gasteiger partial charge < -0.3 is 15.0 Å². The Bertz CT molecular complexity index is 629. The van der Waals surface area contributed by atoms with Crippen LogP contribution in [0.4, 0.5) is 16.3 Å². The Labute approximate surface area is 147 Å². The summed E-state index contributed by atoms with van der Waals surface area (Å²) in [7, 11) is 1.71. The lowest BCUT2D eigenvalue weighted by Crippen LogP contribution is -2.45. The summed E-state index contributed by atoms with van der Waals surface area (Å²) in [5, 5.41) is 18.0. The number of amides is 1. The number of carbonyl (C=O) groups is 1. The van der Waals surface area contributed by atoms with E-state index in [1.54, 1.807) is 11.7 Å². The predicted octanol–water partition coefficient (Wildman–Crippen LogP) is 2.46. The second-order valence-electron chi connectivity index (χ2n) is 7.49. The maximum Gasteiger partial charge on any atom is 0.407 e. The summed E-state index contributed by atoms with van der Waals surface area (Å²) in [6.07, 6.45) is 2.54. The Balaban J connectivity index is 1.92. The van der Waals surface area contributed by atoms with Crippen molar-refractivity contribution in [2.24, 2.45) is 13.0 Å². The van der Waals surface area contributed by atoms with Gasteiger partial charge in [0.05, 0.1) is 4.92 Å². The van der Waals surface area contributed by atoms with Gasteiger partial charge in [0.2, 0.25) is 5.82 Å². The zero-order valence-electron chi connectivity index (χ0n) is 15.5. The summed E-state index contributed by atoms with van der Waals surface area (Å²) in [5.41, 5.74) is -0.494. The van der Waals surface area contributed by atoms with Crippen molar-refractivity contribution in [2.45, 2.75) is 52.2 Å². The highest BCUT2D eigenvalue weighted by atomic mass is 16.6. The summed E-state index contributed by atoms with van der Waals surface area (Å²) < 4.78 is 6.83. The van der Waals surface area contributed by atoms with Crippen LogP contribution in [0.25, 0.3) is 0 Å². The van der Waals surface area contributed by atoms with E-state index >= 15 is 0 Å². The van der Waals surface area contributed by atoms with Gasteiger partial charge in [-0.3, -0.25) is 10.1 Å². The van der Waals surface area contributed by atoms with Crippen LogP contribution in [0.15, 0.2) is 6.20 Å². The summed E-state index contributed by atoms with van der Waals surface area (Å²) in [5.74, 6) is 0.840. The van der Waals surface area contributed by atoms with Crippen molar-refractivity contribution < 1.29 is 14.5 Å². The first-order valence-corrected chi connectivity index (χ1v) is 8.49. The lowest BCUT2D eigenvalue weighted by molar-refractivity contribution is -0.384. The highest BCUT2D eigenvalue weighted by molar-refractivity contribution is 5.68. The highest BCUT2D eigenvalue weighted by Gasteiger charge is 2.31. The van der Waals surface area contributed by atoms with E-state index in [-0.39, 0.29) is 11.7 Å². The molecule has 1 saturated heterocycles. The van der Waals surface area contributed by atoms with Gasteiger partial charge >= 0.3 is 11.8 Å². The molecule has 1 aromatic rings. The van der Waals surface area contributed by atoms with E-state index in [4.69, 9.17) is 4.74 Å². The first-order chi connectivity index (χ1) is 11.6. The van der Waals surface area contributed by atoms with Crippen molar-refractivity contribution in [3.05, 3.63) is 16.3 Å². The molecule has 0 radical (unpaired) electrons. The number of aryl methyl sites for hydroxylation is 1. The van der Waals surface area contributed by atoms with Crippen LogP contribution < -0.4 is 10.2 Å². The molecule has 1 atom stereocenters. The smallest absolute Gasteiger partial charge is 0.407 e. The Kier molecular flexibility index (Phi) is 5.54. The molecule has 0 spiro atoms. The molecule has 9 nitrogen and oxygen atoms in total. The number of nitro groups is 1. The summed E-state index contributed by atoms with van der Waals surface area (Å²) >= 11 is 0. The Morgan fingerprint density at radius 1 is 1.44 bits per heavy atom. The monoisotopic (exact) mass is 353 g/mol.